The Bertz CT molecular complexity index is 911. The largest absolute Gasteiger partial charge is 0.474 e. The van der Waals surface area contributed by atoms with Crippen LogP contribution in [-0.4, -0.2) is 9.38 Å². The fourth-order valence-corrected chi connectivity index (χ4v) is 3.50. The van der Waals surface area contributed by atoms with Crippen LogP contribution in [0.15, 0.2) is 28.9 Å². The zero-order valence-electron chi connectivity index (χ0n) is 11.9. The van der Waals surface area contributed by atoms with Crippen molar-refractivity contribution in [3.63, 3.8) is 0 Å². The number of nitrogen functional groups attached to an aromatic ring is 1. The van der Waals surface area contributed by atoms with Crippen LogP contribution in [0.1, 0.15) is 11.3 Å². The Morgan fingerprint density at radius 3 is 2.74 bits per heavy atom. The number of rotatable bonds is 3. The highest BCUT2D eigenvalue weighted by Gasteiger charge is 2.15. The molecule has 2 N–H and O–H groups in total. The summed E-state index contributed by atoms with van der Waals surface area (Å²) in [7, 11) is 0. The van der Waals surface area contributed by atoms with E-state index in [0.29, 0.717) is 26.5 Å². The predicted molar refractivity (Wildman–Crippen MR) is 97.8 cm³/mol. The van der Waals surface area contributed by atoms with Crippen LogP contribution in [-0.2, 0) is 6.61 Å². The molecule has 4 nitrogen and oxygen atoms in total. The average molecular weight is 436 g/mol. The van der Waals surface area contributed by atoms with Crippen LogP contribution < -0.4 is 10.5 Å². The van der Waals surface area contributed by atoms with Crippen molar-refractivity contribution in [1.82, 2.24) is 9.38 Å². The maximum atomic E-state index is 6.22. The Labute approximate surface area is 156 Å². The second-order valence-corrected chi connectivity index (χ2v) is 6.82. The molecule has 8 heteroatoms. The lowest BCUT2D eigenvalue weighted by Crippen LogP contribution is -2.03. The molecule has 0 amide bonds. The molecule has 2 aromatic heterocycles. The monoisotopic (exact) mass is 433 g/mol. The van der Waals surface area contributed by atoms with Gasteiger partial charge in [0.2, 0.25) is 5.88 Å². The van der Waals surface area contributed by atoms with E-state index in [9.17, 15) is 0 Å². The van der Waals surface area contributed by atoms with Gasteiger partial charge in [-0.05, 0) is 41.1 Å². The maximum absolute atomic E-state index is 6.22. The van der Waals surface area contributed by atoms with Gasteiger partial charge in [-0.3, -0.25) is 4.40 Å². The van der Waals surface area contributed by atoms with Crippen LogP contribution in [0.25, 0.3) is 5.65 Å². The second-order valence-electron chi connectivity index (χ2n) is 4.88. The van der Waals surface area contributed by atoms with Crippen LogP contribution in [0.2, 0.25) is 15.1 Å². The molecule has 0 radical (unpaired) electrons. The number of halogens is 4. The van der Waals surface area contributed by atoms with Crippen molar-refractivity contribution in [2.75, 3.05) is 5.73 Å². The molecular formula is C15H11BrCl3N3O. The van der Waals surface area contributed by atoms with Crippen molar-refractivity contribution in [3.8, 4) is 5.88 Å². The van der Waals surface area contributed by atoms with Crippen LogP contribution >= 0.6 is 50.7 Å². The fraction of sp³-hybridized carbons (Fsp3) is 0.133. The van der Waals surface area contributed by atoms with Crippen molar-refractivity contribution in [2.24, 2.45) is 0 Å². The van der Waals surface area contributed by atoms with E-state index in [4.69, 9.17) is 45.3 Å². The molecule has 0 atom stereocenters. The lowest BCUT2D eigenvalue weighted by molar-refractivity contribution is 0.290. The van der Waals surface area contributed by atoms with Crippen molar-refractivity contribution in [3.05, 3.63) is 55.2 Å². The van der Waals surface area contributed by atoms with Gasteiger partial charge in [0, 0.05) is 5.56 Å². The van der Waals surface area contributed by atoms with E-state index in [1.165, 1.54) is 0 Å². The van der Waals surface area contributed by atoms with Crippen LogP contribution in [0.5, 0.6) is 5.88 Å². The van der Waals surface area contributed by atoms with E-state index in [1.54, 1.807) is 6.07 Å². The summed E-state index contributed by atoms with van der Waals surface area (Å²) in [5.74, 6) is 0.607. The molecule has 0 saturated carbocycles. The van der Waals surface area contributed by atoms with Gasteiger partial charge in [0.15, 0.2) is 0 Å². The van der Waals surface area contributed by atoms with Crippen LogP contribution in [0.3, 0.4) is 0 Å². The molecule has 2 heterocycles. The Balaban J connectivity index is 1.98. The average Bonchev–Trinajstić information content (AvgIpc) is 2.80. The molecule has 0 aliphatic carbocycles. The first-order chi connectivity index (χ1) is 10.9. The quantitative estimate of drug-likeness (QED) is 0.551. The number of pyridine rings is 1. The zero-order chi connectivity index (χ0) is 16.7. The second kappa shape index (κ2) is 6.40. The number of hydrogen-bond donors (Lipinski definition) is 1. The summed E-state index contributed by atoms with van der Waals surface area (Å²) in [6, 6.07) is 7.15. The highest BCUT2D eigenvalue weighted by atomic mass is 79.9. The van der Waals surface area contributed by atoms with Gasteiger partial charge in [-0.15, -0.1) is 0 Å². The minimum atomic E-state index is 0.155. The van der Waals surface area contributed by atoms with Gasteiger partial charge < -0.3 is 10.5 Å². The minimum Gasteiger partial charge on any atom is -0.474 e. The summed E-state index contributed by atoms with van der Waals surface area (Å²) < 4.78 is 8.57. The first-order valence-corrected chi connectivity index (χ1v) is 8.51. The molecule has 3 rings (SSSR count). The Kier molecular flexibility index (Phi) is 4.65. The standard InChI is InChI=1S/C15H11BrCl3N3O/c1-7-15(16)22-11(21-7)3-2-4-12(22)23-6-8-9(17)5-10(18)14(20)13(8)19/h2-5H,6,20H2,1H3. The molecule has 0 bridgehead atoms. The number of nitrogens with two attached hydrogens (primary N) is 1. The molecule has 23 heavy (non-hydrogen) atoms. The highest BCUT2D eigenvalue weighted by molar-refractivity contribution is 9.10. The van der Waals surface area contributed by atoms with Gasteiger partial charge in [0.05, 0.1) is 26.4 Å². The molecule has 0 aliphatic rings. The lowest BCUT2D eigenvalue weighted by Gasteiger charge is -2.13. The third kappa shape index (κ3) is 2.98. The number of anilines is 1. The van der Waals surface area contributed by atoms with Crippen molar-refractivity contribution in [1.29, 1.82) is 0 Å². The molecule has 0 saturated heterocycles. The van der Waals surface area contributed by atoms with Gasteiger partial charge in [-0.1, -0.05) is 40.9 Å². The van der Waals surface area contributed by atoms with E-state index >= 15 is 0 Å². The predicted octanol–water partition coefficient (Wildman–Crippen LogP) is 5.53. The molecule has 0 unspecified atom stereocenters. The van der Waals surface area contributed by atoms with Crippen LogP contribution in [0.4, 0.5) is 5.69 Å². The smallest absolute Gasteiger partial charge is 0.200 e. The number of fused-ring (bicyclic) bond motifs is 1. The van der Waals surface area contributed by atoms with Gasteiger partial charge in [-0.2, -0.15) is 0 Å². The molecule has 0 aliphatic heterocycles. The summed E-state index contributed by atoms with van der Waals surface area (Å²) in [5, 5.41) is 1.02. The van der Waals surface area contributed by atoms with E-state index in [1.807, 2.05) is 29.5 Å². The van der Waals surface area contributed by atoms with E-state index < -0.39 is 0 Å². The normalized spacial score (nSPS) is 11.2. The van der Waals surface area contributed by atoms with Crippen molar-refractivity contribution >= 4 is 62.1 Å². The SMILES string of the molecule is Cc1nc2cccc(OCc3c(Cl)cc(Cl)c(N)c3Cl)n2c1Br. The number of aromatic nitrogens is 2. The zero-order valence-corrected chi connectivity index (χ0v) is 15.8. The molecule has 120 valence electrons. The molecule has 0 spiro atoms. The van der Waals surface area contributed by atoms with E-state index in [-0.39, 0.29) is 12.3 Å². The molecule has 0 fully saturated rings. The lowest BCUT2D eigenvalue weighted by atomic mass is 10.2. The van der Waals surface area contributed by atoms with Crippen LogP contribution in [0, 0.1) is 6.92 Å². The van der Waals surface area contributed by atoms with Crippen molar-refractivity contribution in [2.45, 2.75) is 13.5 Å². The van der Waals surface area contributed by atoms with E-state index in [2.05, 4.69) is 20.9 Å². The van der Waals surface area contributed by atoms with Crippen molar-refractivity contribution < 1.29 is 4.74 Å². The number of aryl methyl sites for hydroxylation is 1. The number of nitrogens with zero attached hydrogens (tertiary/aromatic N) is 2. The number of benzene rings is 1. The van der Waals surface area contributed by atoms with Gasteiger partial charge in [-0.25, -0.2) is 4.98 Å². The first kappa shape index (κ1) is 16.7. The minimum absolute atomic E-state index is 0.155. The number of hydrogen-bond acceptors (Lipinski definition) is 3. The third-order valence-corrected chi connectivity index (χ3v) is 5.39. The summed E-state index contributed by atoms with van der Waals surface area (Å²) in [6.45, 7) is 2.07. The Hall–Kier alpha value is -1.14. The topological polar surface area (TPSA) is 52.5 Å². The van der Waals surface area contributed by atoms with E-state index in [0.717, 1.165) is 15.9 Å². The van der Waals surface area contributed by atoms with Gasteiger partial charge >= 0.3 is 0 Å². The fourth-order valence-electron chi connectivity index (χ4n) is 2.18. The maximum Gasteiger partial charge on any atom is 0.200 e. The third-order valence-electron chi connectivity index (χ3n) is 3.38. The highest BCUT2D eigenvalue weighted by Crippen LogP contribution is 2.36. The summed E-state index contributed by atoms with van der Waals surface area (Å²) in [5.41, 5.74) is 8.35. The number of ether oxygens (including phenoxy) is 1. The molecule has 3 aromatic rings. The molecule has 1 aromatic carbocycles. The summed E-state index contributed by atoms with van der Waals surface area (Å²) in [4.78, 5) is 4.44. The first-order valence-electron chi connectivity index (χ1n) is 6.58. The molecular weight excluding hydrogens is 424 g/mol. The summed E-state index contributed by atoms with van der Waals surface area (Å²) in [6.07, 6.45) is 0. The Morgan fingerprint density at radius 2 is 2.00 bits per heavy atom. The summed E-state index contributed by atoms with van der Waals surface area (Å²) >= 11 is 21.9. The Morgan fingerprint density at radius 1 is 1.26 bits per heavy atom. The van der Waals surface area contributed by atoms with Gasteiger partial charge in [0.1, 0.15) is 16.9 Å². The number of imidazole rings is 1. The van der Waals surface area contributed by atoms with Gasteiger partial charge in [0.25, 0.3) is 0 Å².